The molecular weight excluding hydrogens is 639 g/mol. The molecule has 1 fully saturated rings. The number of rotatable bonds is 15. The van der Waals surface area contributed by atoms with Gasteiger partial charge in [0.2, 0.25) is 11.8 Å². The number of methoxy groups -OCH3 is 1. The Morgan fingerprint density at radius 3 is 2.24 bits per heavy atom. The maximum absolute atomic E-state index is 14.8. The van der Waals surface area contributed by atoms with Crippen LogP contribution in [0.15, 0.2) is 108 Å². The number of nitrogens with one attached hydrogen (secondary N) is 1. The highest BCUT2D eigenvalue weighted by molar-refractivity contribution is 7.92. The maximum Gasteiger partial charge on any atom is 0.264 e. The van der Waals surface area contributed by atoms with Gasteiger partial charge in [-0.25, -0.2) is 8.42 Å². The zero-order chi connectivity index (χ0) is 34.8. The molecule has 1 saturated carbocycles. The molecule has 5 rings (SSSR count). The van der Waals surface area contributed by atoms with Crippen molar-refractivity contribution in [2.75, 3.05) is 24.6 Å². The third-order valence-corrected chi connectivity index (χ3v) is 10.6. The molecule has 0 heterocycles. The Hall–Kier alpha value is -4.83. The molecule has 0 unspecified atom stereocenters. The van der Waals surface area contributed by atoms with Crippen LogP contribution in [0.1, 0.15) is 49.3 Å². The molecule has 4 aromatic rings. The average molecular weight is 684 g/mol. The summed E-state index contributed by atoms with van der Waals surface area (Å²) in [6, 6.07) is 29.3. The number of benzene rings is 4. The first-order chi connectivity index (χ1) is 23.7. The van der Waals surface area contributed by atoms with Crippen LogP contribution in [0.2, 0.25) is 0 Å². The van der Waals surface area contributed by atoms with Crippen molar-refractivity contribution >= 4 is 27.5 Å². The number of aryl methyl sites for hydroxylation is 1. The normalized spacial score (nSPS) is 13.8. The number of hydrogen-bond donors (Lipinski definition) is 1. The van der Waals surface area contributed by atoms with Crippen molar-refractivity contribution < 1.29 is 27.5 Å². The van der Waals surface area contributed by atoms with E-state index in [1.165, 1.54) is 17.0 Å². The summed E-state index contributed by atoms with van der Waals surface area (Å²) in [5.74, 6) is 0.128. The summed E-state index contributed by atoms with van der Waals surface area (Å²) in [4.78, 5) is 30.6. The van der Waals surface area contributed by atoms with Gasteiger partial charge in [-0.3, -0.25) is 13.9 Å². The van der Waals surface area contributed by atoms with Gasteiger partial charge in [0.1, 0.15) is 24.1 Å². The second kappa shape index (κ2) is 16.5. The number of carbonyl (C=O) groups excluding carboxylic acids is 2. The van der Waals surface area contributed by atoms with Gasteiger partial charge in [-0.2, -0.15) is 0 Å². The van der Waals surface area contributed by atoms with Crippen LogP contribution in [0.25, 0.3) is 0 Å². The minimum absolute atomic E-state index is 0.0241. The molecule has 9 nitrogen and oxygen atoms in total. The van der Waals surface area contributed by atoms with Crippen LogP contribution in [0.5, 0.6) is 11.5 Å². The zero-order valence-electron chi connectivity index (χ0n) is 28.4. The summed E-state index contributed by atoms with van der Waals surface area (Å²) in [5.41, 5.74) is 2.75. The van der Waals surface area contributed by atoms with Crippen molar-refractivity contribution in [1.82, 2.24) is 10.2 Å². The largest absolute Gasteiger partial charge is 0.497 e. The monoisotopic (exact) mass is 683 g/mol. The molecule has 1 atom stereocenters. The van der Waals surface area contributed by atoms with Crippen molar-refractivity contribution in [2.45, 2.75) is 69.5 Å². The first-order valence-electron chi connectivity index (χ1n) is 16.8. The SMILES string of the molecule is CCOc1ccccc1N(CC(=O)N(Cc1cccc(OC)c1)[C@@H](Cc1ccccc1)C(=O)NC1CCCC1)S(=O)(=O)c1ccc(C)cc1. The molecule has 1 aliphatic carbocycles. The van der Waals surface area contributed by atoms with E-state index in [9.17, 15) is 18.0 Å². The number of anilines is 1. The summed E-state index contributed by atoms with van der Waals surface area (Å²) in [6.45, 7) is 3.48. The van der Waals surface area contributed by atoms with Gasteiger partial charge in [0, 0.05) is 19.0 Å². The van der Waals surface area contributed by atoms with Gasteiger partial charge in [-0.05, 0) is 74.2 Å². The molecule has 0 aliphatic heterocycles. The molecule has 0 bridgehead atoms. The standard InChI is InChI=1S/C39H45N3O6S/c1-4-48-37-20-11-10-19-35(37)42(49(45,46)34-23-21-29(2)22-24-34)28-38(43)41(27-31-15-12-18-33(25-31)47-3)36(26-30-13-6-5-7-14-30)39(44)40-32-16-8-9-17-32/h5-7,10-15,18-25,32,36H,4,8-9,16-17,26-28H2,1-3H3,(H,40,44)/t36-/m0/s1. The molecule has 1 aliphatic rings. The average Bonchev–Trinajstić information content (AvgIpc) is 3.63. The third kappa shape index (κ3) is 9.00. The number of sulfonamides is 1. The smallest absolute Gasteiger partial charge is 0.264 e. The van der Waals surface area contributed by atoms with E-state index in [0.717, 1.165) is 46.7 Å². The van der Waals surface area contributed by atoms with Crippen LogP contribution in [0.4, 0.5) is 5.69 Å². The Bertz CT molecular complexity index is 1810. The van der Waals surface area contributed by atoms with E-state index in [2.05, 4.69) is 5.32 Å². The maximum atomic E-state index is 14.8. The van der Waals surface area contributed by atoms with E-state index in [1.807, 2.05) is 68.4 Å². The van der Waals surface area contributed by atoms with Gasteiger partial charge < -0.3 is 19.7 Å². The molecule has 49 heavy (non-hydrogen) atoms. The lowest BCUT2D eigenvalue weighted by atomic mass is 10.0. The molecule has 0 aromatic heterocycles. The molecule has 1 N–H and O–H groups in total. The Kier molecular flexibility index (Phi) is 12.0. The number of carbonyl (C=O) groups is 2. The molecule has 2 amide bonds. The van der Waals surface area contributed by atoms with Gasteiger partial charge in [-0.1, -0.05) is 85.1 Å². The van der Waals surface area contributed by atoms with Gasteiger partial charge in [0.25, 0.3) is 10.0 Å². The van der Waals surface area contributed by atoms with Crippen LogP contribution in [-0.2, 0) is 32.6 Å². The van der Waals surface area contributed by atoms with E-state index in [1.54, 1.807) is 43.5 Å². The Morgan fingerprint density at radius 2 is 1.55 bits per heavy atom. The molecule has 258 valence electrons. The van der Waals surface area contributed by atoms with Crippen LogP contribution in [0.3, 0.4) is 0 Å². The summed E-state index contributed by atoms with van der Waals surface area (Å²) in [6.07, 6.45) is 4.07. The number of ether oxygens (including phenoxy) is 2. The fourth-order valence-electron chi connectivity index (χ4n) is 6.18. The molecule has 4 aromatic carbocycles. The predicted octanol–water partition coefficient (Wildman–Crippen LogP) is 6.30. The van der Waals surface area contributed by atoms with E-state index < -0.39 is 28.5 Å². The molecular formula is C39H45N3O6S. The van der Waals surface area contributed by atoms with Crippen molar-refractivity contribution in [3.63, 3.8) is 0 Å². The van der Waals surface area contributed by atoms with Gasteiger partial charge in [-0.15, -0.1) is 0 Å². The lowest BCUT2D eigenvalue weighted by Crippen LogP contribution is -2.54. The van der Waals surface area contributed by atoms with Gasteiger partial charge in [0.05, 0.1) is 24.3 Å². The van der Waals surface area contributed by atoms with Crippen molar-refractivity contribution in [3.8, 4) is 11.5 Å². The summed E-state index contributed by atoms with van der Waals surface area (Å²) < 4.78 is 41.3. The van der Waals surface area contributed by atoms with E-state index >= 15 is 0 Å². The van der Waals surface area contributed by atoms with Crippen molar-refractivity contribution in [3.05, 3.63) is 120 Å². The van der Waals surface area contributed by atoms with Gasteiger partial charge in [0.15, 0.2) is 0 Å². The van der Waals surface area contributed by atoms with E-state index in [4.69, 9.17) is 9.47 Å². The quantitative estimate of drug-likeness (QED) is 0.158. The second-order valence-corrected chi connectivity index (χ2v) is 14.2. The van der Waals surface area contributed by atoms with Crippen LogP contribution in [0, 0.1) is 6.92 Å². The molecule has 10 heteroatoms. The number of amides is 2. The Balaban J connectivity index is 1.60. The van der Waals surface area contributed by atoms with Crippen LogP contribution >= 0.6 is 0 Å². The minimum atomic E-state index is -4.26. The number of para-hydroxylation sites is 2. The van der Waals surface area contributed by atoms with Gasteiger partial charge >= 0.3 is 0 Å². The number of nitrogens with zero attached hydrogens (tertiary/aromatic N) is 2. The Labute approximate surface area is 289 Å². The summed E-state index contributed by atoms with van der Waals surface area (Å²) in [5, 5.41) is 3.21. The molecule has 0 saturated heterocycles. The zero-order valence-corrected chi connectivity index (χ0v) is 29.2. The van der Waals surface area contributed by atoms with Crippen LogP contribution < -0.4 is 19.1 Å². The second-order valence-electron chi connectivity index (χ2n) is 12.3. The van der Waals surface area contributed by atoms with E-state index in [0.29, 0.717) is 18.1 Å². The predicted molar refractivity (Wildman–Crippen MR) is 191 cm³/mol. The topological polar surface area (TPSA) is 105 Å². The van der Waals surface area contributed by atoms with E-state index in [-0.39, 0.29) is 35.5 Å². The summed E-state index contributed by atoms with van der Waals surface area (Å²) in [7, 11) is -2.69. The third-order valence-electron chi connectivity index (χ3n) is 8.78. The fraction of sp³-hybridized carbons (Fsp3) is 0.333. The lowest BCUT2D eigenvalue weighted by Gasteiger charge is -2.34. The van der Waals surface area contributed by atoms with Crippen LogP contribution in [-0.4, -0.2) is 57.5 Å². The molecule has 0 spiro atoms. The first-order valence-corrected chi connectivity index (χ1v) is 18.2. The first kappa shape index (κ1) is 35.5. The minimum Gasteiger partial charge on any atom is -0.497 e. The number of hydrogen-bond acceptors (Lipinski definition) is 6. The lowest BCUT2D eigenvalue weighted by molar-refractivity contribution is -0.140. The Morgan fingerprint density at radius 1 is 0.878 bits per heavy atom. The highest BCUT2D eigenvalue weighted by atomic mass is 32.2. The van der Waals surface area contributed by atoms with Crippen molar-refractivity contribution in [2.24, 2.45) is 0 Å². The fourth-order valence-corrected chi connectivity index (χ4v) is 7.61. The highest BCUT2D eigenvalue weighted by Crippen LogP contribution is 2.33. The van der Waals surface area contributed by atoms with Crippen molar-refractivity contribution in [1.29, 1.82) is 0 Å². The summed E-state index contributed by atoms with van der Waals surface area (Å²) >= 11 is 0. The highest BCUT2D eigenvalue weighted by Gasteiger charge is 2.36. The molecule has 0 radical (unpaired) electrons.